The summed E-state index contributed by atoms with van der Waals surface area (Å²) in [7, 11) is 0. The number of thiophene rings is 1. The molecule has 0 spiro atoms. The van der Waals surface area contributed by atoms with Crippen LogP contribution in [-0.2, 0) is 0 Å². The molecular formula is C17H18N2OS. The summed E-state index contributed by atoms with van der Waals surface area (Å²) in [5, 5.41) is 3.55. The first kappa shape index (κ1) is 12.9. The Labute approximate surface area is 128 Å². The lowest BCUT2D eigenvalue weighted by atomic mass is 10.2. The van der Waals surface area contributed by atoms with E-state index in [1.54, 1.807) is 0 Å². The van der Waals surface area contributed by atoms with E-state index in [0.717, 1.165) is 22.7 Å². The molecule has 3 aromatic rings. The lowest BCUT2D eigenvalue weighted by molar-refractivity contribution is 0.533. The summed E-state index contributed by atoms with van der Waals surface area (Å²) in [6, 6.07) is 10.8. The van der Waals surface area contributed by atoms with Crippen LogP contribution in [0.2, 0.25) is 0 Å². The summed E-state index contributed by atoms with van der Waals surface area (Å²) in [5.41, 5.74) is 2.94. The van der Waals surface area contributed by atoms with Crippen LogP contribution in [0.1, 0.15) is 47.4 Å². The number of nitrogens with zero attached hydrogens (tertiary/aromatic N) is 1. The van der Waals surface area contributed by atoms with E-state index in [9.17, 15) is 0 Å². The lowest BCUT2D eigenvalue weighted by Crippen LogP contribution is -2.04. The van der Waals surface area contributed by atoms with E-state index in [-0.39, 0.29) is 0 Å². The molecule has 0 radical (unpaired) electrons. The van der Waals surface area contributed by atoms with Gasteiger partial charge in [0.25, 0.3) is 0 Å². The highest BCUT2D eigenvalue weighted by Gasteiger charge is 2.28. The van der Waals surface area contributed by atoms with Crippen LogP contribution in [-0.4, -0.2) is 4.98 Å². The second-order valence-corrected chi connectivity index (χ2v) is 7.14. The third-order valence-corrected chi connectivity index (χ3v) is 5.09. The molecular weight excluding hydrogens is 280 g/mol. The van der Waals surface area contributed by atoms with Gasteiger partial charge in [-0.05, 0) is 57.0 Å². The summed E-state index contributed by atoms with van der Waals surface area (Å²) in [5.74, 6) is 1.46. The molecule has 4 heteroatoms. The highest BCUT2D eigenvalue weighted by Crippen LogP contribution is 2.40. The van der Waals surface area contributed by atoms with Gasteiger partial charge < -0.3 is 9.73 Å². The maximum Gasteiger partial charge on any atom is 0.198 e. The Kier molecular flexibility index (Phi) is 3.00. The Morgan fingerprint density at radius 2 is 2.14 bits per heavy atom. The predicted molar refractivity (Wildman–Crippen MR) is 87.1 cm³/mol. The van der Waals surface area contributed by atoms with E-state index in [1.807, 2.05) is 17.4 Å². The third kappa shape index (κ3) is 2.56. The van der Waals surface area contributed by atoms with Crippen molar-refractivity contribution in [3.63, 3.8) is 0 Å². The van der Waals surface area contributed by atoms with Crippen molar-refractivity contribution in [1.82, 2.24) is 4.98 Å². The minimum atomic E-state index is 0.302. The van der Waals surface area contributed by atoms with E-state index in [1.165, 1.54) is 22.6 Å². The number of hydrogen-bond acceptors (Lipinski definition) is 4. The van der Waals surface area contributed by atoms with Gasteiger partial charge in [-0.15, -0.1) is 11.3 Å². The van der Waals surface area contributed by atoms with Crippen molar-refractivity contribution in [2.24, 2.45) is 0 Å². The summed E-state index contributed by atoms with van der Waals surface area (Å²) in [6.07, 6.45) is 2.43. The number of oxazole rings is 1. The largest absolute Gasteiger partial charge is 0.440 e. The average Bonchev–Trinajstić information content (AvgIpc) is 3.09. The van der Waals surface area contributed by atoms with Gasteiger partial charge in [0.2, 0.25) is 0 Å². The molecule has 1 unspecified atom stereocenters. The molecule has 3 nitrogen and oxygen atoms in total. The van der Waals surface area contributed by atoms with Crippen molar-refractivity contribution in [2.45, 2.75) is 38.6 Å². The fraction of sp³-hybridized carbons (Fsp3) is 0.353. The maximum atomic E-state index is 5.80. The lowest BCUT2D eigenvalue weighted by Gasteiger charge is -2.13. The van der Waals surface area contributed by atoms with Gasteiger partial charge in [0.05, 0.1) is 6.04 Å². The Balaban J connectivity index is 1.58. The fourth-order valence-electron chi connectivity index (χ4n) is 2.55. The third-order valence-electron chi connectivity index (χ3n) is 3.90. The number of hydrogen-bond donors (Lipinski definition) is 1. The van der Waals surface area contributed by atoms with Gasteiger partial charge in [-0.2, -0.15) is 0 Å². The van der Waals surface area contributed by atoms with E-state index in [4.69, 9.17) is 4.42 Å². The first-order valence-electron chi connectivity index (χ1n) is 7.42. The summed E-state index contributed by atoms with van der Waals surface area (Å²) in [6.45, 7) is 4.33. The number of aryl methyl sites for hydroxylation is 1. The van der Waals surface area contributed by atoms with Crippen LogP contribution < -0.4 is 5.32 Å². The monoisotopic (exact) mass is 298 g/mol. The second-order valence-electron chi connectivity index (χ2n) is 5.82. The molecule has 21 heavy (non-hydrogen) atoms. The van der Waals surface area contributed by atoms with Crippen LogP contribution in [0.25, 0.3) is 11.1 Å². The summed E-state index contributed by atoms with van der Waals surface area (Å²) >= 11 is 1.84. The molecule has 0 aliphatic heterocycles. The quantitative estimate of drug-likeness (QED) is 0.715. The molecule has 0 saturated heterocycles. The highest BCUT2D eigenvalue weighted by atomic mass is 32.1. The number of aromatic nitrogens is 1. The molecule has 2 aromatic heterocycles. The molecule has 1 N–H and O–H groups in total. The van der Waals surface area contributed by atoms with Crippen LogP contribution in [0.3, 0.4) is 0 Å². The molecule has 1 aromatic carbocycles. The standard InChI is InChI=1S/C17H18N2OS/c1-10-3-8-16(21-10)11(2)18-13-6-7-15-14(9-13)19-17(20-15)12-4-5-12/h3,6-9,11-12,18H,4-5H2,1-2H3. The molecule has 4 rings (SSSR count). The van der Waals surface area contributed by atoms with E-state index in [2.05, 4.69) is 48.4 Å². The highest BCUT2D eigenvalue weighted by molar-refractivity contribution is 7.12. The zero-order valence-corrected chi connectivity index (χ0v) is 13.0. The van der Waals surface area contributed by atoms with E-state index < -0.39 is 0 Å². The van der Waals surface area contributed by atoms with Gasteiger partial charge in [0.15, 0.2) is 11.5 Å². The van der Waals surface area contributed by atoms with Crippen LogP contribution in [0.5, 0.6) is 0 Å². The van der Waals surface area contributed by atoms with E-state index >= 15 is 0 Å². The normalized spacial score (nSPS) is 16.3. The Bertz CT molecular complexity index is 785. The number of fused-ring (bicyclic) bond motifs is 1. The zero-order valence-electron chi connectivity index (χ0n) is 12.2. The summed E-state index contributed by atoms with van der Waals surface area (Å²) in [4.78, 5) is 7.32. The van der Waals surface area contributed by atoms with Crippen LogP contribution >= 0.6 is 11.3 Å². The second kappa shape index (κ2) is 4.88. The number of rotatable bonds is 4. The van der Waals surface area contributed by atoms with Crippen molar-refractivity contribution < 1.29 is 4.42 Å². The maximum absolute atomic E-state index is 5.80. The number of nitrogens with one attached hydrogen (secondary N) is 1. The number of benzene rings is 1. The van der Waals surface area contributed by atoms with Crippen molar-refractivity contribution in [3.05, 3.63) is 46.0 Å². The summed E-state index contributed by atoms with van der Waals surface area (Å²) < 4.78 is 5.80. The van der Waals surface area contributed by atoms with Gasteiger partial charge >= 0.3 is 0 Å². The van der Waals surface area contributed by atoms with Gasteiger partial charge in [-0.1, -0.05) is 0 Å². The minimum Gasteiger partial charge on any atom is -0.440 e. The van der Waals surface area contributed by atoms with Crippen LogP contribution in [0, 0.1) is 6.92 Å². The predicted octanol–water partition coefficient (Wildman–Crippen LogP) is 5.25. The van der Waals surface area contributed by atoms with Gasteiger partial charge in [0, 0.05) is 21.4 Å². The van der Waals surface area contributed by atoms with Crippen LogP contribution in [0.15, 0.2) is 34.7 Å². The van der Waals surface area contributed by atoms with Crippen molar-refractivity contribution >= 4 is 28.1 Å². The van der Waals surface area contributed by atoms with Crippen LogP contribution in [0.4, 0.5) is 5.69 Å². The Morgan fingerprint density at radius 1 is 1.29 bits per heavy atom. The van der Waals surface area contributed by atoms with Gasteiger partial charge in [0.1, 0.15) is 5.52 Å². The first-order valence-corrected chi connectivity index (χ1v) is 8.24. The Morgan fingerprint density at radius 3 is 2.86 bits per heavy atom. The average molecular weight is 298 g/mol. The van der Waals surface area contributed by atoms with Crippen molar-refractivity contribution in [3.8, 4) is 0 Å². The van der Waals surface area contributed by atoms with Crippen molar-refractivity contribution in [2.75, 3.05) is 5.32 Å². The minimum absolute atomic E-state index is 0.302. The molecule has 0 bridgehead atoms. The molecule has 1 aliphatic rings. The van der Waals surface area contributed by atoms with Crippen molar-refractivity contribution in [1.29, 1.82) is 0 Å². The molecule has 1 saturated carbocycles. The SMILES string of the molecule is Cc1ccc(C(C)Nc2ccc3oc(C4CC4)nc3c2)s1. The molecule has 1 aliphatic carbocycles. The molecule has 0 amide bonds. The zero-order chi connectivity index (χ0) is 14.4. The smallest absolute Gasteiger partial charge is 0.198 e. The first-order chi connectivity index (χ1) is 10.2. The molecule has 108 valence electrons. The van der Waals surface area contributed by atoms with Gasteiger partial charge in [-0.25, -0.2) is 4.98 Å². The molecule has 1 fully saturated rings. The number of anilines is 1. The Hall–Kier alpha value is -1.81. The fourth-order valence-corrected chi connectivity index (χ4v) is 3.43. The van der Waals surface area contributed by atoms with Gasteiger partial charge in [-0.3, -0.25) is 0 Å². The van der Waals surface area contributed by atoms with E-state index in [0.29, 0.717) is 12.0 Å². The molecule has 2 heterocycles. The molecule has 1 atom stereocenters. The topological polar surface area (TPSA) is 38.1 Å².